The minimum atomic E-state index is -4.21. The van der Waals surface area contributed by atoms with E-state index in [1.54, 1.807) is 30.3 Å². The summed E-state index contributed by atoms with van der Waals surface area (Å²) in [5.74, 6) is -0.297. The van der Waals surface area contributed by atoms with Crippen LogP contribution >= 0.6 is 0 Å². The van der Waals surface area contributed by atoms with Crippen LogP contribution in [0, 0.1) is 0 Å². The molecule has 0 bridgehead atoms. The molecular weight excluding hydrogens is 510 g/mol. The lowest BCUT2D eigenvalue weighted by molar-refractivity contribution is -0.126. The number of fused-ring (bicyclic) bond motifs is 1. The number of hydrogen-bond acceptors (Lipinski definition) is 8. The number of aromatic nitrogens is 1. The third-order valence-electron chi connectivity index (χ3n) is 5.95. The predicted octanol–water partition coefficient (Wildman–Crippen LogP) is 3.61. The fourth-order valence-corrected chi connectivity index (χ4v) is 4.89. The molecule has 0 saturated carbocycles. The molecule has 38 heavy (non-hydrogen) atoms. The van der Waals surface area contributed by atoms with Gasteiger partial charge >= 0.3 is 0 Å². The summed E-state index contributed by atoms with van der Waals surface area (Å²) in [4.78, 5) is 29.3. The molecule has 0 radical (unpaired) electrons. The number of sulfonamides is 1. The zero-order valence-corrected chi connectivity index (χ0v) is 22.1. The Morgan fingerprint density at radius 1 is 1.03 bits per heavy atom. The predicted molar refractivity (Wildman–Crippen MR) is 139 cm³/mol. The number of benzene rings is 2. The highest BCUT2D eigenvalue weighted by atomic mass is 32.2. The van der Waals surface area contributed by atoms with E-state index >= 15 is 0 Å². The smallest absolute Gasteiger partial charge is 0.279 e. The van der Waals surface area contributed by atoms with E-state index in [-0.39, 0.29) is 29.0 Å². The van der Waals surface area contributed by atoms with Gasteiger partial charge in [0, 0.05) is 5.56 Å². The minimum absolute atomic E-state index is 0.0242. The molecule has 0 aliphatic carbocycles. The maximum absolute atomic E-state index is 13.5. The summed E-state index contributed by atoms with van der Waals surface area (Å²) in [6.45, 7) is 5.93. The Balaban J connectivity index is 1.69. The summed E-state index contributed by atoms with van der Waals surface area (Å²) < 4.78 is 45.2. The van der Waals surface area contributed by atoms with Gasteiger partial charge in [-0.25, -0.2) is 18.1 Å². The summed E-state index contributed by atoms with van der Waals surface area (Å²) in [5, 5.41) is 0. The number of aryl methyl sites for hydroxylation is 1. The number of carbonyl (C=O) groups is 2. The second-order valence-corrected chi connectivity index (χ2v) is 10.7. The minimum Gasteiger partial charge on any atom is -0.474 e. The molecule has 2 amide bonds. The van der Waals surface area contributed by atoms with Crippen LogP contribution in [0.4, 0.5) is 0 Å². The molecule has 0 spiro atoms. The second kappa shape index (κ2) is 11.1. The molecule has 0 fully saturated rings. The first-order valence-corrected chi connectivity index (χ1v) is 13.6. The number of hydrogen-bond donors (Lipinski definition) is 2. The van der Waals surface area contributed by atoms with Crippen LogP contribution in [0.25, 0.3) is 0 Å². The highest BCUT2D eigenvalue weighted by Gasteiger charge is 2.30. The lowest BCUT2D eigenvalue weighted by atomic mass is 10.0. The fraction of sp³-hybridized carbons (Fsp3) is 0.296. The molecule has 1 atom stereocenters. The Kier molecular flexibility index (Phi) is 7.86. The van der Waals surface area contributed by atoms with Gasteiger partial charge in [-0.3, -0.25) is 9.59 Å². The Hall–Kier alpha value is -4.12. The monoisotopic (exact) mass is 539 g/mol. The summed E-state index contributed by atoms with van der Waals surface area (Å²) >= 11 is 0. The number of amides is 2. The van der Waals surface area contributed by atoms with Crippen molar-refractivity contribution in [3.05, 3.63) is 77.1 Å². The third-order valence-corrected chi connectivity index (χ3v) is 7.31. The van der Waals surface area contributed by atoms with Gasteiger partial charge in [0.1, 0.15) is 11.4 Å². The molecule has 10 nitrogen and oxygen atoms in total. The number of ether oxygens (including phenoxy) is 3. The van der Waals surface area contributed by atoms with Gasteiger partial charge in [0.05, 0.1) is 10.6 Å². The van der Waals surface area contributed by atoms with Crippen molar-refractivity contribution in [2.24, 2.45) is 5.73 Å². The molecule has 1 aliphatic heterocycles. The van der Waals surface area contributed by atoms with Crippen molar-refractivity contribution in [1.82, 2.24) is 9.71 Å². The van der Waals surface area contributed by atoms with Crippen LogP contribution in [0.5, 0.6) is 17.2 Å². The average Bonchev–Trinajstić information content (AvgIpc) is 3.35. The van der Waals surface area contributed by atoms with Crippen LogP contribution in [-0.2, 0) is 21.2 Å². The van der Waals surface area contributed by atoms with Gasteiger partial charge < -0.3 is 19.9 Å². The largest absolute Gasteiger partial charge is 0.474 e. The number of nitrogens with two attached hydrogens (primary N) is 1. The van der Waals surface area contributed by atoms with Crippen LogP contribution in [0.15, 0.2) is 59.5 Å². The van der Waals surface area contributed by atoms with E-state index in [1.807, 2.05) is 20.8 Å². The first-order chi connectivity index (χ1) is 18.1. The van der Waals surface area contributed by atoms with Crippen LogP contribution in [0.3, 0.4) is 0 Å². The lowest BCUT2D eigenvalue weighted by Crippen LogP contribution is -2.37. The molecule has 4 rings (SSSR count). The quantitative estimate of drug-likeness (QED) is 0.397. The van der Waals surface area contributed by atoms with Crippen molar-refractivity contribution in [3.8, 4) is 17.2 Å². The van der Waals surface area contributed by atoms with E-state index in [0.29, 0.717) is 35.6 Å². The number of carbonyl (C=O) groups excluding carboxylic acids is 2. The van der Waals surface area contributed by atoms with Gasteiger partial charge in [0.15, 0.2) is 11.5 Å². The zero-order chi connectivity index (χ0) is 27.4. The molecule has 3 N–H and O–H groups in total. The third kappa shape index (κ3) is 5.88. The first kappa shape index (κ1) is 26.9. The Morgan fingerprint density at radius 2 is 1.71 bits per heavy atom. The van der Waals surface area contributed by atoms with E-state index < -0.39 is 27.9 Å². The molecule has 0 saturated heterocycles. The summed E-state index contributed by atoms with van der Waals surface area (Å²) in [6, 6.07) is 14.0. The van der Waals surface area contributed by atoms with Gasteiger partial charge in [-0.1, -0.05) is 45.4 Å². The summed E-state index contributed by atoms with van der Waals surface area (Å²) in [7, 11) is -4.21. The van der Waals surface area contributed by atoms with E-state index in [2.05, 4.69) is 9.71 Å². The molecule has 2 heterocycles. The lowest BCUT2D eigenvalue weighted by Gasteiger charge is -2.21. The highest BCUT2D eigenvalue weighted by molar-refractivity contribution is 7.90. The Bertz CT molecular complexity index is 1450. The van der Waals surface area contributed by atoms with E-state index in [9.17, 15) is 18.0 Å². The van der Waals surface area contributed by atoms with Crippen molar-refractivity contribution in [2.75, 3.05) is 6.79 Å². The maximum atomic E-state index is 13.5. The van der Waals surface area contributed by atoms with Gasteiger partial charge in [-0.15, -0.1) is 0 Å². The number of pyridine rings is 1. The van der Waals surface area contributed by atoms with E-state index in [0.717, 1.165) is 5.56 Å². The van der Waals surface area contributed by atoms with Crippen LogP contribution in [0.2, 0.25) is 0 Å². The van der Waals surface area contributed by atoms with Crippen LogP contribution < -0.4 is 24.7 Å². The number of nitrogens with zero attached hydrogens (tertiary/aromatic N) is 1. The van der Waals surface area contributed by atoms with Gasteiger partial charge in [0.25, 0.3) is 21.8 Å². The van der Waals surface area contributed by atoms with Crippen LogP contribution in [-0.4, -0.2) is 32.0 Å². The molecule has 1 aromatic heterocycles. The van der Waals surface area contributed by atoms with Crippen molar-refractivity contribution in [1.29, 1.82) is 0 Å². The Morgan fingerprint density at radius 3 is 2.37 bits per heavy atom. The average molecular weight is 540 g/mol. The number of rotatable bonds is 10. The maximum Gasteiger partial charge on any atom is 0.279 e. The normalized spacial score (nSPS) is 13.3. The molecule has 2 aromatic carbocycles. The molecular formula is C27H29N3O7S. The highest BCUT2D eigenvalue weighted by Crippen LogP contribution is 2.36. The topological polar surface area (TPSA) is 147 Å². The summed E-state index contributed by atoms with van der Waals surface area (Å²) in [5.41, 5.74) is 7.13. The summed E-state index contributed by atoms with van der Waals surface area (Å²) in [6.07, 6.45) is -0.286. The molecule has 3 aromatic rings. The van der Waals surface area contributed by atoms with Crippen molar-refractivity contribution >= 4 is 21.8 Å². The standard InChI is InChI=1S/C27H29N3O7S/c1-4-5-20-22(13-11-21(29-20)26(28)31)37-25(18-8-12-23-24(14-18)36-15-35-23)27(32)30-38(33,34)19-9-6-17(7-10-19)16(2)3/h6-14,16,25H,4-5,15H2,1-3H3,(H2,28,31)(H,30,32). The SMILES string of the molecule is CCCc1nc(C(N)=O)ccc1OC(C(=O)NS(=O)(=O)c1ccc(C(C)C)cc1)c1ccc2c(c1)OCO2. The van der Waals surface area contributed by atoms with Crippen molar-refractivity contribution in [3.63, 3.8) is 0 Å². The molecule has 1 aliphatic rings. The van der Waals surface area contributed by atoms with Crippen molar-refractivity contribution in [2.45, 2.75) is 50.5 Å². The van der Waals surface area contributed by atoms with Gasteiger partial charge in [-0.2, -0.15) is 0 Å². The molecule has 11 heteroatoms. The van der Waals surface area contributed by atoms with Gasteiger partial charge in [0.2, 0.25) is 12.9 Å². The van der Waals surface area contributed by atoms with E-state index in [4.69, 9.17) is 19.9 Å². The zero-order valence-electron chi connectivity index (χ0n) is 21.3. The molecule has 1 unspecified atom stereocenters. The number of primary amides is 1. The van der Waals surface area contributed by atoms with Gasteiger partial charge in [-0.05, 0) is 54.3 Å². The second-order valence-electron chi connectivity index (χ2n) is 9.06. The van der Waals surface area contributed by atoms with Crippen LogP contribution in [0.1, 0.15) is 66.5 Å². The number of nitrogens with one attached hydrogen (secondary N) is 1. The Labute approximate surface area is 221 Å². The first-order valence-electron chi connectivity index (χ1n) is 12.1. The van der Waals surface area contributed by atoms with Crippen molar-refractivity contribution < 1.29 is 32.2 Å². The van der Waals surface area contributed by atoms with E-state index in [1.165, 1.54) is 24.3 Å². The fourth-order valence-electron chi connectivity index (χ4n) is 3.90. The molecule has 200 valence electrons.